The van der Waals surface area contributed by atoms with Gasteiger partial charge in [-0.3, -0.25) is 9.59 Å². The fraction of sp³-hybridized carbons (Fsp3) is 0.579. The van der Waals surface area contributed by atoms with E-state index < -0.39 is 11.8 Å². The molecule has 7 heteroatoms. The Bertz CT molecular complexity index is 693. The molecule has 140 valence electrons. The van der Waals surface area contributed by atoms with Crippen LogP contribution in [0.3, 0.4) is 0 Å². The highest BCUT2D eigenvalue weighted by Crippen LogP contribution is 2.48. The van der Waals surface area contributed by atoms with Crippen LogP contribution in [0.2, 0.25) is 0 Å². The van der Waals surface area contributed by atoms with Gasteiger partial charge in [-0.15, -0.1) is 0 Å². The van der Waals surface area contributed by atoms with Crippen LogP contribution in [0.4, 0.5) is 4.39 Å². The zero-order valence-electron chi connectivity index (χ0n) is 14.5. The molecule has 0 aromatic heterocycles. The zero-order valence-corrected chi connectivity index (χ0v) is 14.5. The third-order valence-electron chi connectivity index (χ3n) is 5.43. The molecule has 3 fully saturated rings. The highest BCUT2D eigenvalue weighted by atomic mass is 19.1. The van der Waals surface area contributed by atoms with Crippen LogP contribution in [-0.2, 0) is 23.8 Å². The number of halogens is 1. The third kappa shape index (κ3) is 3.46. The summed E-state index contributed by atoms with van der Waals surface area (Å²) in [5, 5.41) is 0. The van der Waals surface area contributed by atoms with Crippen LogP contribution in [0.5, 0.6) is 0 Å². The minimum Gasteiger partial charge on any atom is -0.455 e. The van der Waals surface area contributed by atoms with E-state index in [1.54, 1.807) is 23.1 Å². The monoisotopic (exact) mass is 363 g/mol. The van der Waals surface area contributed by atoms with Crippen LogP contribution in [0.15, 0.2) is 24.3 Å². The maximum atomic E-state index is 13.8. The van der Waals surface area contributed by atoms with Gasteiger partial charge in [-0.1, -0.05) is 18.2 Å². The second-order valence-corrected chi connectivity index (χ2v) is 7.07. The van der Waals surface area contributed by atoms with E-state index in [-0.39, 0.29) is 30.2 Å². The largest absolute Gasteiger partial charge is 0.455 e. The predicted molar refractivity (Wildman–Crippen MR) is 88.7 cm³/mol. The lowest BCUT2D eigenvalue weighted by atomic mass is 10.0. The van der Waals surface area contributed by atoms with Crippen molar-refractivity contribution in [3.63, 3.8) is 0 Å². The fourth-order valence-corrected chi connectivity index (χ4v) is 3.79. The number of hydrogen-bond donors (Lipinski definition) is 0. The number of rotatable bonds is 4. The molecule has 0 N–H and O–H groups in total. The minimum atomic E-state index is -0.533. The summed E-state index contributed by atoms with van der Waals surface area (Å²) >= 11 is 0. The smallest absolute Gasteiger partial charge is 0.310 e. The van der Waals surface area contributed by atoms with Gasteiger partial charge in [0.1, 0.15) is 5.82 Å². The maximum Gasteiger partial charge on any atom is 0.310 e. The van der Waals surface area contributed by atoms with Gasteiger partial charge in [0.2, 0.25) is 0 Å². The van der Waals surface area contributed by atoms with Gasteiger partial charge < -0.3 is 19.1 Å². The van der Waals surface area contributed by atoms with E-state index in [9.17, 15) is 14.0 Å². The summed E-state index contributed by atoms with van der Waals surface area (Å²) in [6.07, 6.45) is 1.82. The summed E-state index contributed by atoms with van der Waals surface area (Å²) in [4.78, 5) is 26.1. The van der Waals surface area contributed by atoms with Gasteiger partial charge in [0, 0.05) is 31.8 Å². The van der Waals surface area contributed by atoms with E-state index in [2.05, 4.69) is 0 Å². The number of carbonyl (C=O) groups excluding carboxylic acids is 2. The summed E-state index contributed by atoms with van der Waals surface area (Å²) in [5.41, 5.74) is 0.540. The summed E-state index contributed by atoms with van der Waals surface area (Å²) in [5.74, 6) is -1.98. The molecule has 1 aliphatic carbocycles. The summed E-state index contributed by atoms with van der Waals surface area (Å²) in [6.45, 7) is 1.97. The lowest BCUT2D eigenvalue weighted by Crippen LogP contribution is -2.48. The van der Waals surface area contributed by atoms with Crippen molar-refractivity contribution in [2.75, 3.05) is 32.9 Å². The number of ether oxygens (including phenoxy) is 3. The Morgan fingerprint density at radius 1 is 1.19 bits per heavy atom. The lowest BCUT2D eigenvalue weighted by Gasteiger charge is -2.37. The molecule has 0 unspecified atom stereocenters. The molecule has 6 nitrogen and oxygen atoms in total. The van der Waals surface area contributed by atoms with Crippen LogP contribution < -0.4 is 0 Å². The summed E-state index contributed by atoms with van der Waals surface area (Å²) in [6, 6.07) is 6.46. The van der Waals surface area contributed by atoms with Crippen molar-refractivity contribution in [1.29, 1.82) is 0 Å². The van der Waals surface area contributed by atoms with Crippen molar-refractivity contribution in [3.05, 3.63) is 35.6 Å². The van der Waals surface area contributed by atoms with E-state index in [4.69, 9.17) is 14.2 Å². The molecule has 0 radical (unpaired) electrons. The summed E-state index contributed by atoms with van der Waals surface area (Å²) < 4.78 is 30.2. The van der Waals surface area contributed by atoms with Crippen LogP contribution in [0.1, 0.15) is 30.7 Å². The van der Waals surface area contributed by atoms with Crippen LogP contribution in [-0.4, -0.2) is 55.5 Å². The van der Waals surface area contributed by atoms with Crippen molar-refractivity contribution in [2.24, 2.45) is 5.92 Å². The number of hydrogen-bond acceptors (Lipinski definition) is 5. The molecule has 2 aliphatic heterocycles. The van der Waals surface area contributed by atoms with Crippen molar-refractivity contribution in [2.45, 2.75) is 31.0 Å². The fourth-order valence-electron chi connectivity index (χ4n) is 3.79. The lowest BCUT2D eigenvalue weighted by molar-refractivity contribution is -0.188. The maximum absolute atomic E-state index is 13.8. The van der Waals surface area contributed by atoms with Gasteiger partial charge in [0.05, 0.1) is 19.1 Å². The SMILES string of the molecule is O=C(OCC(=O)N1CCC2(CC1)OCCO2)[C@H]1C[C@@H]1c1ccccc1F. The number of esters is 1. The average molecular weight is 363 g/mol. The molecular formula is C19H22FNO5. The second kappa shape index (κ2) is 6.96. The first-order valence-electron chi connectivity index (χ1n) is 9.05. The van der Waals surface area contributed by atoms with Gasteiger partial charge >= 0.3 is 5.97 Å². The molecule has 1 amide bonds. The van der Waals surface area contributed by atoms with Gasteiger partial charge in [0.25, 0.3) is 5.91 Å². The number of likely N-dealkylation sites (tertiary alicyclic amines) is 1. The normalized spacial score (nSPS) is 26.7. The molecule has 2 atom stereocenters. The average Bonchev–Trinajstić information content (AvgIpc) is 3.33. The Labute approximate surface area is 151 Å². The molecule has 1 aromatic carbocycles. The standard InChI is InChI=1S/C19H22FNO5/c20-16-4-2-1-3-13(16)14-11-15(14)18(23)24-12-17(22)21-7-5-19(6-8-21)25-9-10-26-19/h1-4,14-15H,5-12H2/t14-,15+/m1/s1. The van der Waals surface area contributed by atoms with E-state index in [0.717, 1.165) is 0 Å². The quantitative estimate of drug-likeness (QED) is 0.764. The van der Waals surface area contributed by atoms with E-state index in [1.807, 2.05) is 0 Å². The van der Waals surface area contributed by atoms with Gasteiger partial charge in [0.15, 0.2) is 12.4 Å². The molecule has 1 saturated carbocycles. The molecule has 26 heavy (non-hydrogen) atoms. The molecule has 2 saturated heterocycles. The highest BCUT2D eigenvalue weighted by molar-refractivity contribution is 5.83. The van der Waals surface area contributed by atoms with Crippen molar-refractivity contribution >= 4 is 11.9 Å². The van der Waals surface area contributed by atoms with E-state index in [1.165, 1.54) is 6.07 Å². The highest BCUT2D eigenvalue weighted by Gasteiger charge is 2.47. The number of nitrogens with zero attached hydrogens (tertiary/aromatic N) is 1. The number of carbonyl (C=O) groups is 2. The van der Waals surface area contributed by atoms with Gasteiger partial charge in [-0.2, -0.15) is 0 Å². The first kappa shape index (κ1) is 17.4. The first-order valence-corrected chi connectivity index (χ1v) is 9.05. The van der Waals surface area contributed by atoms with Crippen LogP contribution in [0, 0.1) is 11.7 Å². The van der Waals surface area contributed by atoms with Gasteiger partial charge in [-0.05, 0) is 18.1 Å². The molecule has 1 aromatic rings. The Balaban J connectivity index is 1.23. The molecule has 3 aliphatic rings. The first-order chi connectivity index (χ1) is 12.6. The minimum absolute atomic E-state index is 0.148. The van der Waals surface area contributed by atoms with Crippen molar-refractivity contribution in [1.82, 2.24) is 4.90 Å². The van der Waals surface area contributed by atoms with Crippen molar-refractivity contribution in [3.8, 4) is 0 Å². The predicted octanol–water partition coefficient (Wildman–Crippen LogP) is 1.84. The Morgan fingerprint density at radius 3 is 2.58 bits per heavy atom. The van der Waals surface area contributed by atoms with Gasteiger partial charge in [-0.25, -0.2) is 4.39 Å². The summed E-state index contributed by atoms with van der Waals surface area (Å²) in [7, 11) is 0. The molecule has 4 rings (SSSR count). The number of amides is 1. The Morgan fingerprint density at radius 2 is 1.88 bits per heavy atom. The topological polar surface area (TPSA) is 65.1 Å². The second-order valence-electron chi connectivity index (χ2n) is 7.07. The van der Waals surface area contributed by atoms with Crippen LogP contribution in [0.25, 0.3) is 0 Å². The number of piperidine rings is 1. The third-order valence-corrected chi connectivity index (χ3v) is 5.43. The Hall–Kier alpha value is -1.99. The van der Waals surface area contributed by atoms with Crippen molar-refractivity contribution < 1.29 is 28.2 Å². The Kier molecular flexibility index (Phi) is 4.67. The molecule has 1 spiro atoms. The molecule has 2 heterocycles. The van der Waals surface area contributed by atoms with E-state index in [0.29, 0.717) is 51.1 Å². The zero-order chi connectivity index (χ0) is 18.1. The van der Waals surface area contributed by atoms with Crippen LogP contribution >= 0.6 is 0 Å². The number of benzene rings is 1. The van der Waals surface area contributed by atoms with E-state index >= 15 is 0 Å². The molecule has 0 bridgehead atoms. The molecular weight excluding hydrogens is 341 g/mol.